The molecule has 2 rings (SSSR count). The SMILES string of the molecule is COc1ccc([N+](=O)[O-])c(N2CC(S(=O)(=O)Cl)CC2=O)n1. The van der Waals surface area contributed by atoms with Gasteiger partial charge < -0.3 is 4.74 Å². The van der Waals surface area contributed by atoms with Crippen molar-refractivity contribution >= 4 is 37.1 Å². The molecule has 1 fully saturated rings. The second kappa shape index (κ2) is 5.45. The molecule has 114 valence electrons. The van der Waals surface area contributed by atoms with E-state index >= 15 is 0 Å². The largest absolute Gasteiger partial charge is 0.481 e. The standard InChI is InChI=1S/C10H10ClN3O6S/c1-20-8-3-2-7(14(16)17)10(12-8)13-5-6(4-9(13)15)21(11,18)19/h2-3,6H,4-5H2,1H3. The minimum absolute atomic E-state index is 0.0700. The molecule has 0 aliphatic carbocycles. The van der Waals surface area contributed by atoms with Crippen LogP contribution in [0.2, 0.25) is 0 Å². The number of nitro groups is 1. The van der Waals surface area contributed by atoms with Crippen LogP contribution in [0.4, 0.5) is 11.5 Å². The first kappa shape index (κ1) is 15.4. The van der Waals surface area contributed by atoms with Gasteiger partial charge in [-0.25, -0.2) is 8.42 Å². The summed E-state index contributed by atoms with van der Waals surface area (Å²) in [6.07, 6.45) is -0.345. The molecule has 0 N–H and O–H groups in total. The smallest absolute Gasteiger partial charge is 0.312 e. The van der Waals surface area contributed by atoms with Gasteiger partial charge in [0, 0.05) is 35.8 Å². The van der Waals surface area contributed by atoms with Crippen molar-refractivity contribution in [1.82, 2.24) is 4.98 Å². The van der Waals surface area contributed by atoms with Crippen molar-refractivity contribution in [1.29, 1.82) is 0 Å². The minimum Gasteiger partial charge on any atom is -0.481 e. The second-order valence-electron chi connectivity index (χ2n) is 4.26. The Balaban J connectivity index is 2.46. The molecule has 0 saturated carbocycles. The van der Waals surface area contributed by atoms with Crippen molar-refractivity contribution in [3.63, 3.8) is 0 Å². The molecule has 1 aliphatic heterocycles. The van der Waals surface area contributed by atoms with E-state index in [1.54, 1.807) is 0 Å². The van der Waals surface area contributed by atoms with Crippen LogP contribution in [0.5, 0.6) is 5.88 Å². The summed E-state index contributed by atoms with van der Waals surface area (Å²) in [7, 11) is 2.60. The zero-order valence-electron chi connectivity index (χ0n) is 10.7. The van der Waals surface area contributed by atoms with Gasteiger partial charge in [0.1, 0.15) is 5.25 Å². The van der Waals surface area contributed by atoms with Gasteiger partial charge in [-0.15, -0.1) is 0 Å². The fourth-order valence-electron chi connectivity index (χ4n) is 1.95. The summed E-state index contributed by atoms with van der Waals surface area (Å²) in [6, 6.07) is 2.41. The van der Waals surface area contributed by atoms with Crippen molar-refractivity contribution in [2.45, 2.75) is 11.7 Å². The van der Waals surface area contributed by atoms with Crippen LogP contribution < -0.4 is 9.64 Å². The molecule has 1 amide bonds. The zero-order chi connectivity index (χ0) is 15.8. The summed E-state index contributed by atoms with van der Waals surface area (Å²) in [4.78, 5) is 27.0. The van der Waals surface area contributed by atoms with Gasteiger partial charge in [0.05, 0.1) is 12.0 Å². The van der Waals surface area contributed by atoms with Crippen molar-refractivity contribution in [3.8, 4) is 5.88 Å². The molecule has 11 heteroatoms. The number of halogens is 1. The van der Waals surface area contributed by atoms with Gasteiger partial charge in [0.15, 0.2) is 0 Å². The number of carbonyl (C=O) groups is 1. The Morgan fingerprint density at radius 3 is 2.67 bits per heavy atom. The quantitative estimate of drug-likeness (QED) is 0.450. The highest BCUT2D eigenvalue weighted by molar-refractivity contribution is 8.14. The molecule has 9 nitrogen and oxygen atoms in total. The first-order valence-electron chi connectivity index (χ1n) is 5.67. The van der Waals surface area contributed by atoms with Crippen LogP contribution in [0.15, 0.2) is 12.1 Å². The number of rotatable bonds is 4. The lowest BCUT2D eigenvalue weighted by Gasteiger charge is -2.15. The number of amides is 1. The number of nitrogens with zero attached hydrogens (tertiary/aromatic N) is 3. The fraction of sp³-hybridized carbons (Fsp3) is 0.400. The molecule has 1 saturated heterocycles. The first-order valence-corrected chi connectivity index (χ1v) is 8.04. The number of hydrogen-bond acceptors (Lipinski definition) is 7. The Kier molecular flexibility index (Phi) is 4.01. The summed E-state index contributed by atoms with van der Waals surface area (Å²) in [5, 5.41) is 9.88. The normalized spacial score (nSPS) is 18.9. The molecule has 0 spiro atoms. The summed E-state index contributed by atoms with van der Waals surface area (Å²) < 4.78 is 27.5. The van der Waals surface area contributed by atoms with Gasteiger partial charge in [0.2, 0.25) is 26.7 Å². The maximum Gasteiger partial charge on any atom is 0.312 e. The molecule has 1 aromatic heterocycles. The van der Waals surface area contributed by atoms with Gasteiger partial charge in [-0.2, -0.15) is 4.98 Å². The second-order valence-corrected chi connectivity index (χ2v) is 7.17. The molecule has 1 aromatic rings. The third-order valence-electron chi connectivity index (χ3n) is 2.98. The van der Waals surface area contributed by atoms with E-state index in [9.17, 15) is 23.3 Å². The third-order valence-corrected chi connectivity index (χ3v) is 4.85. The molecule has 21 heavy (non-hydrogen) atoms. The van der Waals surface area contributed by atoms with E-state index in [-0.39, 0.29) is 24.7 Å². The Labute approximate surface area is 124 Å². The Morgan fingerprint density at radius 1 is 1.52 bits per heavy atom. The van der Waals surface area contributed by atoms with E-state index < -0.39 is 30.8 Å². The van der Waals surface area contributed by atoms with E-state index in [4.69, 9.17) is 15.4 Å². The molecular weight excluding hydrogens is 326 g/mol. The van der Waals surface area contributed by atoms with Crippen LogP contribution in [-0.4, -0.2) is 43.1 Å². The number of anilines is 1. The third kappa shape index (κ3) is 3.05. The zero-order valence-corrected chi connectivity index (χ0v) is 12.3. The molecule has 0 aromatic carbocycles. The van der Waals surface area contributed by atoms with Gasteiger partial charge in [-0.3, -0.25) is 19.8 Å². The monoisotopic (exact) mass is 335 g/mol. The van der Waals surface area contributed by atoms with Crippen LogP contribution >= 0.6 is 10.7 Å². The molecule has 1 aliphatic rings. The van der Waals surface area contributed by atoms with E-state index in [0.717, 1.165) is 11.0 Å². The van der Waals surface area contributed by atoms with E-state index in [2.05, 4.69) is 4.98 Å². The lowest BCUT2D eigenvalue weighted by molar-refractivity contribution is -0.384. The first-order chi connectivity index (χ1) is 9.74. The number of aromatic nitrogens is 1. The number of methoxy groups -OCH3 is 1. The minimum atomic E-state index is -3.94. The maximum absolute atomic E-state index is 11.9. The average Bonchev–Trinajstić information content (AvgIpc) is 2.79. The number of hydrogen-bond donors (Lipinski definition) is 0. The van der Waals surface area contributed by atoms with E-state index in [1.165, 1.54) is 13.2 Å². The number of ether oxygens (including phenoxy) is 1. The average molecular weight is 336 g/mol. The van der Waals surface area contributed by atoms with Crippen molar-refractivity contribution < 1.29 is 22.9 Å². The Hall–Kier alpha value is -1.94. The Bertz CT molecular complexity index is 707. The summed E-state index contributed by atoms with van der Waals surface area (Å²) in [5.41, 5.74) is -0.420. The van der Waals surface area contributed by atoms with Crippen LogP contribution in [0.25, 0.3) is 0 Å². The van der Waals surface area contributed by atoms with Crippen molar-refractivity contribution in [2.24, 2.45) is 0 Å². The highest BCUT2D eigenvalue weighted by atomic mass is 35.7. The Morgan fingerprint density at radius 2 is 2.19 bits per heavy atom. The van der Waals surface area contributed by atoms with Crippen molar-refractivity contribution in [3.05, 3.63) is 22.2 Å². The number of pyridine rings is 1. The molecule has 0 bridgehead atoms. The van der Waals surface area contributed by atoms with Gasteiger partial charge in [0.25, 0.3) is 0 Å². The van der Waals surface area contributed by atoms with Gasteiger partial charge in [-0.1, -0.05) is 0 Å². The summed E-state index contributed by atoms with van der Waals surface area (Å²) in [5.74, 6) is -0.791. The highest BCUT2D eigenvalue weighted by Gasteiger charge is 2.41. The molecule has 1 unspecified atom stereocenters. The lowest BCUT2D eigenvalue weighted by atomic mass is 10.3. The van der Waals surface area contributed by atoms with E-state index in [0.29, 0.717) is 0 Å². The molecular formula is C10H10ClN3O6S. The van der Waals surface area contributed by atoms with Crippen LogP contribution in [0.1, 0.15) is 6.42 Å². The number of carbonyl (C=O) groups excluding carboxylic acids is 1. The molecule has 2 heterocycles. The molecule has 0 radical (unpaired) electrons. The van der Waals surface area contributed by atoms with Gasteiger partial charge in [-0.05, 0) is 0 Å². The summed E-state index contributed by atoms with van der Waals surface area (Å²) >= 11 is 0. The highest BCUT2D eigenvalue weighted by Crippen LogP contribution is 2.33. The fourth-order valence-corrected chi connectivity index (χ4v) is 2.97. The van der Waals surface area contributed by atoms with Crippen LogP contribution in [0.3, 0.4) is 0 Å². The van der Waals surface area contributed by atoms with E-state index in [1.807, 2.05) is 0 Å². The summed E-state index contributed by atoms with van der Waals surface area (Å²) in [6.45, 7) is -0.286. The van der Waals surface area contributed by atoms with Gasteiger partial charge >= 0.3 is 5.69 Å². The molecule has 1 atom stereocenters. The maximum atomic E-state index is 11.9. The lowest BCUT2D eigenvalue weighted by Crippen LogP contribution is -2.28. The van der Waals surface area contributed by atoms with Crippen LogP contribution in [0, 0.1) is 10.1 Å². The van der Waals surface area contributed by atoms with Crippen LogP contribution in [-0.2, 0) is 13.8 Å². The topological polar surface area (TPSA) is 120 Å². The van der Waals surface area contributed by atoms with Crippen molar-refractivity contribution in [2.75, 3.05) is 18.6 Å². The predicted molar refractivity (Wildman–Crippen MR) is 73.0 cm³/mol. The predicted octanol–water partition coefficient (Wildman–Crippen LogP) is 0.672.